The molecule has 0 aliphatic heterocycles. The minimum absolute atomic E-state index is 0.278. The minimum Gasteiger partial charge on any atom is -0.380 e. The smallest absolute Gasteiger partial charge is 0.0737 e. The quantitative estimate of drug-likeness (QED) is 0.481. The van der Waals surface area contributed by atoms with Crippen molar-refractivity contribution in [3.63, 3.8) is 0 Å². The third-order valence-electron chi connectivity index (χ3n) is 2.96. The summed E-state index contributed by atoms with van der Waals surface area (Å²) in [5, 5.41) is 0. The molecule has 1 rings (SSSR count). The number of methoxy groups -OCH3 is 1. The van der Waals surface area contributed by atoms with Crippen molar-refractivity contribution in [1.29, 1.82) is 0 Å². The number of ether oxygens (including phenoxy) is 1. The number of nitrogens with one attached hydrogen (secondary N) is 1. The highest BCUT2D eigenvalue weighted by Crippen LogP contribution is 2.31. The summed E-state index contributed by atoms with van der Waals surface area (Å²) in [7, 11) is 1.76. The molecular weight excluding hydrogens is 152 g/mol. The predicted octanol–water partition coefficient (Wildman–Crippen LogP) is 1.04. The van der Waals surface area contributed by atoms with Gasteiger partial charge < -0.3 is 4.74 Å². The number of hydrogen-bond acceptors (Lipinski definition) is 3. The fourth-order valence-electron chi connectivity index (χ4n) is 1.91. The van der Waals surface area contributed by atoms with Crippen LogP contribution in [0.4, 0.5) is 0 Å². The summed E-state index contributed by atoms with van der Waals surface area (Å²) in [5.41, 5.74) is 2.88. The molecule has 2 unspecified atom stereocenters. The molecule has 1 saturated carbocycles. The van der Waals surface area contributed by atoms with Gasteiger partial charge in [-0.25, -0.2) is 0 Å². The van der Waals surface area contributed by atoms with Crippen LogP contribution in [0.15, 0.2) is 0 Å². The molecule has 0 aromatic rings. The number of nitrogens with two attached hydrogens (primary N) is 1. The zero-order chi connectivity index (χ0) is 8.97. The molecule has 3 heteroatoms. The lowest BCUT2D eigenvalue weighted by Gasteiger charge is -2.37. The SMILES string of the molecule is CCC(OC)C(NN)C1CCC1. The number of hydrogen-bond donors (Lipinski definition) is 2. The van der Waals surface area contributed by atoms with Crippen molar-refractivity contribution in [2.24, 2.45) is 11.8 Å². The fourth-order valence-corrected chi connectivity index (χ4v) is 1.91. The van der Waals surface area contributed by atoms with Gasteiger partial charge in [0.2, 0.25) is 0 Å². The van der Waals surface area contributed by atoms with E-state index >= 15 is 0 Å². The zero-order valence-corrected chi connectivity index (χ0v) is 8.05. The topological polar surface area (TPSA) is 47.3 Å². The van der Waals surface area contributed by atoms with Gasteiger partial charge in [0.05, 0.1) is 12.1 Å². The van der Waals surface area contributed by atoms with Crippen LogP contribution in [-0.2, 0) is 4.74 Å². The standard InChI is InChI=1S/C9H20N2O/c1-3-8(12-2)9(11-10)7-5-4-6-7/h7-9,11H,3-6,10H2,1-2H3. The molecule has 0 aromatic heterocycles. The third kappa shape index (κ3) is 1.97. The maximum absolute atomic E-state index is 5.51. The van der Waals surface area contributed by atoms with Gasteiger partial charge in [-0.3, -0.25) is 11.3 Å². The molecule has 0 spiro atoms. The summed E-state index contributed by atoms with van der Waals surface area (Å²) < 4.78 is 5.37. The van der Waals surface area contributed by atoms with Crippen molar-refractivity contribution in [3.8, 4) is 0 Å². The van der Waals surface area contributed by atoms with Gasteiger partial charge >= 0.3 is 0 Å². The van der Waals surface area contributed by atoms with Crippen LogP contribution in [0.25, 0.3) is 0 Å². The highest BCUT2D eigenvalue weighted by molar-refractivity contribution is 4.86. The van der Waals surface area contributed by atoms with Crippen LogP contribution >= 0.6 is 0 Å². The summed E-state index contributed by atoms with van der Waals surface area (Å²) in [6.45, 7) is 2.14. The first-order valence-electron chi connectivity index (χ1n) is 4.82. The van der Waals surface area contributed by atoms with Gasteiger partial charge in [-0.15, -0.1) is 0 Å². The summed E-state index contributed by atoms with van der Waals surface area (Å²) in [5.74, 6) is 6.24. The second kappa shape index (κ2) is 4.80. The van der Waals surface area contributed by atoms with E-state index in [0.29, 0.717) is 6.04 Å². The van der Waals surface area contributed by atoms with E-state index < -0.39 is 0 Å². The molecular formula is C9H20N2O. The monoisotopic (exact) mass is 172 g/mol. The van der Waals surface area contributed by atoms with Crippen molar-refractivity contribution in [3.05, 3.63) is 0 Å². The average molecular weight is 172 g/mol. The predicted molar refractivity (Wildman–Crippen MR) is 49.5 cm³/mol. The summed E-state index contributed by atoms with van der Waals surface area (Å²) in [4.78, 5) is 0. The first-order valence-corrected chi connectivity index (χ1v) is 4.82. The van der Waals surface area contributed by atoms with E-state index in [4.69, 9.17) is 10.6 Å². The van der Waals surface area contributed by atoms with Crippen LogP contribution in [0.1, 0.15) is 32.6 Å². The molecule has 1 fully saturated rings. The number of rotatable bonds is 5. The van der Waals surface area contributed by atoms with Crippen LogP contribution in [0, 0.1) is 5.92 Å². The molecule has 2 atom stereocenters. The lowest BCUT2D eigenvalue weighted by Crippen LogP contribution is -2.51. The Morgan fingerprint density at radius 1 is 1.58 bits per heavy atom. The molecule has 72 valence electrons. The Morgan fingerprint density at radius 2 is 2.25 bits per heavy atom. The lowest BCUT2D eigenvalue weighted by molar-refractivity contribution is 0.0276. The third-order valence-corrected chi connectivity index (χ3v) is 2.96. The van der Waals surface area contributed by atoms with E-state index in [0.717, 1.165) is 12.3 Å². The van der Waals surface area contributed by atoms with E-state index in [1.54, 1.807) is 7.11 Å². The highest BCUT2D eigenvalue weighted by Gasteiger charge is 2.31. The van der Waals surface area contributed by atoms with E-state index in [9.17, 15) is 0 Å². The molecule has 12 heavy (non-hydrogen) atoms. The number of hydrazine groups is 1. The van der Waals surface area contributed by atoms with Crippen LogP contribution in [0.2, 0.25) is 0 Å². The van der Waals surface area contributed by atoms with Crippen molar-refractivity contribution >= 4 is 0 Å². The van der Waals surface area contributed by atoms with E-state index in [-0.39, 0.29) is 6.10 Å². The minimum atomic E-state index is 0.278. The van der Waals surface area contributed by atoms with Crippen molar-refractivity contribution in [2.75, 3.05) is 7.11 Å². The van der Waals surface area contributed by atoms with Gasteiger partial charge in [-0.05, 0) is 25.2 Å². The normalized spacial score (nSPS) is 23.2. The molecule has 1 aliphatic carbocycles. The first-order chi connectivity index (χ1) is 5.83. The molecule has 3 nitrogen and oxygen atoms in total. The van der Waals surface area contributed by atoms with E-state index in [1.165, 1.54) is 19.3 Å². The first kappa shape index (κ1) is 9.96. The maximum Gasteiger partial charge on any atom is 0.0737 e. The van der Waals surface area contributed by atoms with Gasteiger partial charge in [0.25, 0.3) is 0 Å². The zero-order valence-electron chi connectivity index (χ0n) is 8.05. The fraction of sp³-hybridized carbons (Fsp3) is 1.00. The van der Waals surface area contributed by atoms with Crippen LogP contribution in [0.3, 0.4) is 0 Å². The van der Waals surface area contributed by atoms with Gasteiger partial charge in [0.1, 0.15) is 0 Å². The molecule has 0 saturated heterocycles. The Bertz CT molecular complexity index is 122. The lowest BCUT2D eigenvalue weighted by atomic mass is 9.77. The van der Waals surface area contributed by atoms with Crippen LogP contribution in [-0.4, -0.2) is 19.3 Å². The van der Waals surface area contributed by atoms with Gasteiger partial charge in [-0.2, -0.15) is 0 Å². The molecule has 0 heterocycles. The Labute approximate surface area is 74.6 Å². The van der Waals surface area contributed by atoms with Crippen molar-refractivity contribution in [1.82, 2.24) is 5.43 Å². The average Bonchev–Trinajstić information content (AvgIpc) is 2.01. The van der Waals surface area contributed by atoms with Crippen LogP contribution < -0.4 is 11.3 Å². The summed E-state index contributed by atoms with van der Waals surface area (Å²) >= 11 is 0. The maximum atomic E-state index is 5.51. The van der Waals surface area contributed by atoms with Crippen molar-refractivity contribution < 1.29 is 4.74 Å². The summed E-state index contributed by atoms with van der Waals surface area (Å²) in [6, 6.07) is 0.355. The van der Waals surface area contributed by atoms with Crippen LogP contribution in [0.5, 0.6) is 0 Å². The Balaban J connectivity index is 2.40. The second-order valence-electron chi connectivity index (χ2n) is 3.57. The Morgan fingerprint density at radius 3 is 2.50 bits per heavy atom. The molecule has 0 bridgehead atoms. The molecule has 0 aromatic carbocycles. The molecule has 1 aliphatic rings. The van der Waals surface area contributed by atoms with Gasteiger partial charge in [0, 0.05) is 7.11 Å². The second-order valence-corrected chi connectivity index (χ2v) is 3.57. The summed E-state index contributed by atoms with van der Waals surface area (Å²) in [6.07, 6.45) is 5.26. The molecule has 0 amide bonds. The highest BCUT2D eigenvalue weighted by atomic mass is 16.5. The van der Waals surface area contributed by atoms with E-state index in [2.05, 4.69) is 12.3 Å². The van der Waals surface area contributed by atoms with Gasteiger partial charge in [0.15, 0.2) is 0 Å². The molecule has 0 radical (unpaired) electrons. The van der Waals surface area contributed by atoms with Gasteiger partial charge in [-0.1, -0.05) is 13.3 Å². The van der Waals surface area contributed by atoms with E-state index in [1.807, 2.05) is 0 Å². The van der Waals surface area contributed by atoms with Crippen molar-refractivity contribution in [2.45, 2.75) is 44.8 Å². The largest absolute Gasteiger partial charge is 0.380 e. The Hall–Kier alpha value is -0.120. The Kier molecular flexibility index (Phi) is 3.98. The molecule has 3 N–H and O–H groups in total.